The van der Waals surface area contributed by atoms with Crippen LogP contribution in [-0.4, -0.2) is 29.2 Å². The highest BCUT2D eigenvalue weighted by Gasteiger charge is 2.20. The molecule has 0 saturated carbocycles. The summed E-state index contributed by atoms with van der Waals surface area (Å²) in [6.45, 7) is 2.70. The molecule has 6 nitrogen and oxygen atoms in total. The SMILES string of the molecule is COc1cc(CN[C@H](Cc2c[nH]c3ccccc23)C(=O)O)cc(Cl)c1OCc1cccc(C)c1. The predicted octanol–water partition coefficient (Wildman–Crippen LogP) is 5.50. The molecule has 4 rings (SSSR count). The van der Waals surface area contributed by atoms with Crippen molar-refractivity contribution in [2.75, 3.05) is 7.11 Å². The molecule has 0 aliphatic rings. The zero-order chi connectivity index (χ0) is 24.1. The number of para-hydroxylation sites is 1. The van der Waals surface area contributed by atoms with Gasteiger partial charge in [-0.2, -0.15) is 0 Å². The number of methoxy groups -OCH3 is 1. The molecule has 3 aromatic carbocycles. The fourth-order valence-electron chi connectivity index (χ4n) is 3.98. The van der Waals surface area contributed by atoms with Crippen molar-refractivity contribution in [1.82, 2.24) is 10.3 Å². The molecule has 1 heterocycles. The summed E-state index contributed by atoms with van der Waals surface area (Å²) in [6, 6.07) is 18.7. The number of nitrogens with one attached hydrogen (secondary N) is 2. The third kappa shape index (κ3) is 5.53. The molecule has 0 fully saturated rings. The fourth-order valence-corrected chi connectivity index (χ4v) is 4.27. The van der Waals surface area contributed by atoms with Gasteiger partial charge in [0.15, 0.2) is 11.5 Å². The highest BCUT2D eigenvalue weighted by atomic mass is 35.5. The van der Waals surface area contributed by atoms with Gasteiger partial charge in [0.25, 0.3) is 0 Å². The van der Waals surface area contributed by atoms with Gasteiger partial charge < -0.3 is 24.9 Å². The van der Waals surface area contributed by atoms with Gasteiger partial charge in [0.05, 0.1) is 12.1 Å². The topological polar surface area (TPSA) is 83.6 Å². The minimum atomic E-state index is -0.915. The Balaban J connectivity index is 1.45. The van der Waals surface area contributed by atoms with E-state index < -0.39 is 12.0 Å². The van der Waals surface area contributed by atoms with Gasteiger partial charge in [-0.3, -0.25) is 4.79 Å². The summed E-state index contributed by atoms with van der Waals surface area (Å²) in [6.07, 6.45) is 2.21. The molecule has 1 aromatic heterocycles. The van der Waals surface area contributed by atoms with Crippen LogP contribution in [0, 0.1) is 6.92 Å². The van der Waals surface area contributed by atoms with Crippen molar-refractivity contribution in [1.29, 1.82) is 0 Å². The van der Waals surface area contributed by atoms with E-state index in [2.05, 4.69) is 16.4 Å². The van der Waals surface area contributed by atoms with Gasteiger partial charge in [0, 0.05) is 30.1 Å². The lowest BCUT2D eigenvalue weighted by Gasteiger charge is -2.17. The summed E-state index contributed by atoms with van der Waals surface area (Å²) < 4.78 is 11.5. The Hall–Kier alpha value is -3.48. The number of carboxylic acid groups (broad SMARTS) is 1. The molecule has 7 heteroatoms. The number of aromatic nitrogens is 1. The number of halogens is 1. The van der Waals surface area contributed by atoms with Gasteiger partial charge in [-0.25, -0.2) is 0 Å². The highest BCUT2D eigenvalue weighted by molar-refractivity contribution is 6.32. The highest BCUT2D eigenvalue weighted by Crippen LogP contribution is 2.37. The predicted molar refractivity (Wildman–Crippen MR) is 134 cm³/mol. The third-order valence-electron chi connectivity index (χ3n) is 5.70. The number of H-pyrrole nitrogens is 1. The van der Waals surface area contributed by atoms with Crippen LogP contribution in [-0.2, 0) is 24.4 Å². The van der Waals surface area contributed by atoms with Crippen LogP contribution in [0.2, 0.25) is 5.02 Å². The van der Waals surface area contributed by atoms with Gasteiger partial charge >= 0.3 is 5.97 Å². The van der Waals surface area contributed by atoms with Gasteiger partial charge in [0.2, 0.25) is 0 Å². The van der Waals surface area contributed by atoms with Gasteiger partial charge in [-0.15, -0.1) is 0 Å². The molecule has 34 heavy (non-hydrogen) atoms. The minimum absolute atomic E-state index is 0.313. The maximum Gasteiger partial charge on any atom is 0.321 e. The van der Waals surface area contributed by atoms with E-state index in [0.717, 1.165) is 33.2 Å². The standard InChI is InChI=1S/C27H27ClN2O4/c1-17-6-5-7-18(10-17)16-34-26-22(28)11-19(12-25(26)33-2)14-29-24(27(31)32)13-20-15-30-23-9-4-3-8-21(20)23/h3-12,15,24,29-30H,13-14,16H2,1-2H3,(H,31,32)/t24-/m1/s1. The Morgan fingerprint density at radius 2 is 1.94 bits per heavy atom. The lowest BCUT2D eigenvalue weighted by molar-refractivity contribution is -0.139. The Morgan fingerprint density at radius 3 is 2.71 bits per heavy atom. The number of hydrogen-bond acceptors (Lipinski definition) is 4. The van der Waals surface area contributed by atoms with Crippen molar-refractivity contribution in [3.05, 3.63) is 94.1 Å². The maximum atomic E-state index is 11.9. The van der Waals surface area contributed by atoms with Crippen LogP contribution in [0.5, 0.6) is 11.5 Å². The van der Waals surface area contributed by atoms with Crippen molar-refractivity contribution in [2.24, 2.45) is 0 Å². The van der Waals surface area contributed by atoms with Crippen LogP contribution in [0.1, 0.15) is 22.3 Å². The first kappa shape index (κ1) is 23.7. The number of carboxylic acids is 1. The zero-order valence-corrected chi connectivity index (χ0v) is 19.9. The Morgan fingerprint density at radius 1 is 1.12 bits per heavy atom. The molecule has 4 aromatic rings. The van der Waals surface area contributed by atoms with E-state index in [1.807, 2.05) is 61.7 Å². The van der Waals surface area contributed by atoms with Crippen LogP contribution in [0.3, 0.4) is 0 Å². The Kier molecular flexibility index (Phi) is 7.40. The molecule has 0 unspecified atom stereocenters. The number of hydrogen-bond donors (Lipinski definition) is 3. The molecule has 0 amide bonds. The zero-order valence-electron chi connectivity index (χ0n) is 19.1. The molecule has 0 aliphatic carbocycles. The molecule has 1 atom stereocenters. The van der Waals surface area contributed by atoms with E-state index in [0.29, 0.717) is 36.1 Å². The molecular weight excluding hydrogens is 452 g/mol. The maximum absolute atomic E-state index is 11.9. The first-order valence-electron chi connectivity index (χ1n) is 11.0. The number of rotatable bonds is 10. The van der Waals surface area contributed by atoms with E-state index >= 15 is 0 Å². The van der Waals surface area contributed by atoms with E-state index in [-0.39, 0.29) is 0 Å². The monoisotopic (exact) mass is 478 g/mol. The summed E-state index contributed by atoms with van der Waals surface area (Å²) in [7, 11) is 1.56. The molecule has 0 radical (unpaired) electrons. The lowest BCUT2D eigenvalue weighted by atomic mass is 10.0. The normalized spacial score (nSPS) is 12.0. The molecule has 0 spiro atoms. The fraction of sp³-hybridized carbons (Fsp3) is 0.222. The molecule has 3 N–H and O–H groups in total. The van der Waals surface area contributed by atoms with Crippen LogP contribution >= 0.6 is 11.6 Å². The van der Waals surface area contributed by atoms with Crippen LogP contribution in [0.4, 0.5) is 0 Å². The van der Waals surface area contributed by atoms with Gasteiger partial charge in [-0.05, 0) is 41.8 Å². The van der Waals surface area contributed by atoms with Crippen molar-refractivity contribution < 1.29 is 19.4 Å². The number of aromatic amines is 1. The number of benzene rings is 3. The second kappa shape index (κ2) is 10.6. The molecule has 176 valence electrons. The quantitative estimate of drug-likeness (QED) is 0.280. The largest absolute Gasteiger partial charge is 0.493 e. The smallest absolute Gasteiger partial charge is 0.321 e. The number of ether oxygens (including phenoxy) is 2. The van der Waals surface area contributed by atoms with E-state index in [4.69, 9.17) is 21.1 Å². The first-order valence-corrected chi connectivity index (χ1v) is 11.4. The summed E-state index contributed by atoms with van der Waals surface area (Å²) in [5.74, 6) is 0.0462. The summed E-state index contributed by atoms with van der Waals surface area (Å²) in [4.78, 5) is 15.1. The Labute approximate surface area is 203 Å². The summed E-state index contributed by atoms with van der Waals surface area (Å²) in [5, 5.41) is 14.3. The van der Waals surface area contributed by atoms with Crippen LogP contribution in [0.15, 0.2) is 66.9 Å². The first-order chi connectivity index (χ1) is 16.4. The van der Waals surface area contributed by atoms with Gasteiger partial charge in [0.1, 0.15) is 12.6 Å². The molecular formula is C27H27ClN2O4. The number of aliphatic carboxylic acids is 1. The third-order valence-corrected chi connectivity index (χ3v) is 5.99. The number of fused-ring (bicyclic) bond motifs is 1. The molecule has 0 bridgehead atoms. The van der Waals surface area contributed by atoms with E-state index in [9.17, 15) is 9.90 Å². The van der Waals surface area contributed by atoms with Crippen molar-refractivity contribution in [2.45, 2.75) is 32.5 Å². The second-order valence-electron chi connectivity index (χ2n) is 8.22. The average Bonchev–Trinajstić information content (AvgIpc) is 3.23. The van der Waals surface area contributed by atoms with E-state index in [1.165, 1.54) is 0 Å². The van der Waals surface area contributed by atoms with Gasteiger partial charge in [-0.1, -0.05) is 59.6 Å². The number of aryl methyl sites for hydroxylation is 1. The second-order valence-corrected chi connectivity index (χ2v) is 8.63. The van der Waals surface area contributed by atoms with E-state index in [1.54, 1.807) is 13.2 Å². The summed E-state index contributed by atoms with van der Waals surface area (Å²) >= 11 is 6.52. The van der Waals surface area contributed by atoms with Crippen molar-refractivity contribution >= 4 is 28.5 Å². The Bertz CT molecular complexity index is 1300. The average molecular weight is 479 g/mol. The minimum Gasteiger partial charge on any atom is -0.493 e. The van der Waals surface area contributed by atoms with Crippen LogP contribution < -0.4 is 14.8 Å². The molecule has 0 aliphatic heterocycles. The summed E-state index contributed by atoms with van der Waals surface area (Å²) in [5.41, 5.74) is 4.92. The number of carbonyl (C=O) groups is 1. The van der Waals surface area contributed by atoms with Crippen molar-refractivity contribution in [3.63, 3.8) is 0 Å². The molecule has 0 saturated heterocycles. The van der Waals surface area contributed by atoms with Crippen LogP contribution in [0.25, 0.3) is 10.9 Å². The lowest BCUT2D eigenvalue weighted by Crippen LogP contribution is -2.38. The van der Waals surface area contributed by atoms with Crippen molar-refractivity contribution in [3.8, 4) is 11.5 Å².